The minimum Gasteiger partial charge on any atom is -0.387 e. The molecular weight excluding hydrogens is 520 g/mol. The van der Waals surface area contributed by atoms with Gasteiger partial charge in [-0.2, -0.15) is 16.8 Å². The summed E-state index contributed by atoms with van der Waals surface area (Å²) in [6.45, 7) is 3.27. The highest BCUT2D eigenvalue weighted by Crippen LogP contribution is 2.28. The molecule has 11 heteroatoms. The van der Waals surface area contributed by atoms with Crippen LogP contribution in [0.3, 0.4) is 0 Å². The maximum atomic E-state index is 13.0. The molecule has 9 nitrogen and oxygen atoms in total. The molecule has 37 heavy (non-hydrogen) atoms. The summed E-state index contributed by atoms with van der Waals surface area (Å²) < 4.78 is 73.7. The van der Waals surface area contributed by atoms with Crippen molar-refractivity contribution in [2.75, 3.05) is 6.61 Å². The van der Waals surface area contributed by atoms with Crippen LogP contribution in [0.1, 0.15) is 16.7 Å². The van der Waals surface area contributed by atoms with Crippen molar-refractivity contribution < 1.29 is 39.8 Å². The van der Waals surface area contributed by atoms with Crippen LogP contribution in [0.25, 0.3) is 0 Å². The second kappa shape index (κ2) is 11.4. The van der Waals surface area contributed by atoms with Crippen LogP contribution in [-0.2, 0) is 44.7 Å². The molecular formula is C26H28O9S2. The van der Waals surface area contributed by atoms with Crippen LogP contribution in [0.2, 0.25) is 0 Å². The largest absolute Gasteiger partial charge is 0.387 e. The predicted molar refractivity (Wildman–Crippen MR) is 133 cm³/mol. The first kappa shape index (κ1) is 27.4. The molecule has 1 N–H and O–H groups in total. The summed E-state index contributed by atoms with van der Waals surface area (Å²) in [6.07, 6.45) is -6.09. The molecule has 1 saturated heterocycles. The molecule has 0 aromatic heterocycles. The van der Waals surface area contributed by atoms with Crippen LogP contribution in [-0.4, -0.2) is 53.2 Å². The van der Waals surface area contributed by atoms with E-state index in [1.807, 2.05) is 25.1 Å². The molecule has 4 rings (SSSR count). The second-order valence-corrected chi connectivity index (χ2v) is 11.9. The molecule has 0 radical (unpaired) electrons. The average molecular weight is 549 g/mol. The minimum absolute atomic E-state index is 0.0376. The zero-order valence-corrected chi connectivity index (χ0v) is 21.9. The number of benzene rings is 3. The van der Waals surface area contributed by atoms with Crippen molar-refractivity contribution in [3.8, 4) is 0 Å². The average Bonchev–Trinajstić information content (AvgIpc) is 2.87. The van der Waals surface area contributed by atoms with Gasteiger partial charge in [0.15, 0.2) is 12.4 Å². The third kappa shape index (κ3) is 6.82. The second-order valence-electron chi connectivity index (χ2n) is 8.72. The van der Waals surface area contributed by atoms with Gasteiger partial charge in [0, 0.05) is 0 Å². The summed E-state index contributed by atoms with van der Waals surface area (Å²) in [4.78, 5) is -0.250. The van der Waals surface area contributed by atoms with Gasteiger partial charge in [-0.3, -0.25) is 8.37 Å². The van der Waals surface area contributed by atoms with Gasteiger partial charge in [-0.15, -0.1) is 0 Å². The normalized spacial score (nSPS) is 22.6. The molecule has 0 unspecified atom stereocenters. The van der Waals surface area contributed by atoms with Crippen LogP contribution in [0, 0.1) is 13.8 Å². The fourth-order valence-corrected chi connectivity index (χ4v) is 5.82. The minimum atomic E-state index is -4.37. The van der Waals surface area contributed by atoms with E-state index >= 15 is 0 Å². The van der Waals surface area contributed by atoms with Gasteiger partial charge in [0.25, 0.3) is 20.2 Å². The van der Waals surface area contributed by atoms with E-state index in [0.717, 1.165) is 16.7 Å². The zero-order valence-electron chi connectivity index (χ0n) is 20.3. The predicted octanol–water partition coefficient (Wildman–Crippen LogP) is 3.09. The van der Waals surface area contributed by atoms with E-state index in [2.05, 4.69) is 0 Å². The van der Waals surface area contributed by atoms with E-state index in [4.69, 9.17) is 17.8 Å². The van der Waals surface area contributed by atoms with Crippen molar-refractivity contribution >= 4 is 20.2 Å². The van der Waals surface area contributed by atoms with Gasteiger partial charge in [-0.1, -0.05) is 65.7 Å². The Hall–Kier alpha value is -2.64. The van der Waals surface area contributed by atoms with Gasteiger partial charge in [0.2, 0.25) is 0 Å². The van der Waals surface area contributed by atoms with Crippen molar-refractivity contribution in [1.82, 2.24) is 0 Å². The quantitative estimate of drug-likeness (QED) is 0.402. The lowest BCUT2D eigenvalue weighted by atomic mass is 10.1. The molecule has 0 saturated carbocycles. The van der Waals surface area contributed by atoms with Crippen molar-refractivity contribution in [3.63, 3.8) is 0 Å². The Labute approximate surface area is 216 Å². The summed E-state index contributed by atoms with van der Waals surface area (Å²) in [6, 6.07) is 21.0. The Morgan fingerprint density at radius 2 is 1.30 bits per heavy atom. The Balaban J connectivity index is 1.57. The molecule has 0 aliphatic carbocycles. The van der Waals surface area contributed by atoms with Crippen molar-refractivity contribution in [1.29, 1.82) is 0 Å². The highest BCUT2D eigenvalue weighted by molar-refractivity contribution is 7.87. The lowest BCUT2D eigenvalue weighted by molar-refractivity contribution is -0.262. The van der Waals surface area contributed by atoms with Crippen molar-refractivity contribution in [2.24, 2.45) is 0 Å². The summed E-state index contributed by atoms with van der Waals surface area (Å²) in [7, 11) is -8.67. The highest BCUT2D eigenvalue weighted by atomic mass is 32.2. The van der Waals surface area contributed by atoms with Crippen molar-refractivity contribution in [2.45, 2.75) is 54.8 Å². The summed E-state index contributed by atoms with van der Waals surface area (Å²) >= 11 is 0. The molecule has 3 aromatic carbocycles. The Morgan fingerprint density at radius 3 is 1.84 bits per heavy atom. The molecule has 3 aromatic rings. The van der Waals surface area contributed by atoms with E-state index in [1.165, 1.54) is 24.3 Å². The maximum absolute atomic E-state index is 13.0. The molecule has 1 aliphatic heterocycles. The summed E-state index contributed by atoms with van der Waals surface area (Å²) in [5.74, 6) is 0. The fourth-order valence-electron chi connectivity index (χ4n) is 3.67. The SMILES string of the molecule is Cc1ccc(S(=O)(=O)O[C@H]2[C@@H](OCc3ccccc3)OC[C@@H](OS(=O)(=O)c3ccc(C)cc3)[C@H]2O)cc1. The number of hydrogen-bond donors (Lipinski definition) is 1. The summed E-state index contributed by atoms with van der Waals surface area (Å²) in [5.41, 5.74) is 2.48. The van der Waals surface area contributed by atoms with Gasteiger partial charge in [-0.25, -0.2) is 0 Å². The van der Waals surface area contributed by atoms with E-state index in [1.54, 1.807) is 43.3 Å². The van der Waals surface area contributed by atoms with Crippen LogP contribution < -0.4 is 0 Å². The monoisotopic (exact) mass is 548 g/mol. The van der Waals surface area contributed by atoms with Crippen LogP contribution >= 0.6 is 0 Å². The van der Waals surface area contributed by atoms with Gasteiger partial charge in [-0.05, 0) is 43.7 Å². The van der Waals surface area contributed by atoms with Gasteiger partial charge in [0.1, 0.15) is 12.2 Å². The van der Waals surface area contributed by atoms with E-state index in [9.17, 15) is 21.9 Å². The number of ether oxygens (including phenoxy) is 2. The first-order valence-corrected chi connectivity index (χ1v) is 14.3. The van der Waals surface area contributed by atoms with E-state index in [0.29, 0.717) is 0 Å². The van der Waals surface area contributed by atoms with E-state index in [-0.39, 0.29) is 23.0 Å². The lowest BCUT2D eigenvalue weighted by Gasteiger charge is -2.38. The highest BCUT2D eigenvalue weighted by Gasteiger charge is 2.46. The third-order valence-electron chi connectivity index (χ3n) is 5.77. The maximum Gasteiger partial charge on any atom is 0.297 e. The molecule has 4 atom stereocenters. The van der Waals surface area contributed by atoms with Gasteiger partial charge in [0.05, 0.1) is 23.0 Å². The lowest BCUT2D eigenvalue weighted by Crippen LogP contribution is -2.56. The van der Waals surface area contributed by atoms with Crippen molar-refractivity contribution in [3.05, 3.63) is 95.6 Å². The Kier molecular flexibility index (Phi) is 8.44. The van der Waals surface area contributed by atoms with Gasteiger partial charge < -0.3 is 14.6 Å². The molecule has 1 fully saturated rings. The molecule has 0 spiro atoms. The Bertz CT molecular complexity index is 1390. The topological polar surface area (TPSA) is 125 Å². The molecule has 0 bridgehead atoms. The molecule has 1 heterocycles. The fraction of sp³-hybridized carbons (Fsp3) is 0.308. The van der Waals surface area contributed by atoms with Gasteiger partial charge >= 0.3 is 0 Å². The first-order valence-electron chi connectivity index (χ1n) is 11.5. The number of rotatable bonds is 9. The van der Waals surface area contributed by atoms with Crippen LogP contribution in [0.5, 0.6) is 0 Å². The summed E-state index contributed by atoms with van der Waals surface area (Å²) in [5, 5.41) is 11.1. The number of hydrogen-bond acceptors (Lipinski definition) is 9. The van der Waals surface area contributed by atoms with Crippen LogP contribution in [0.4, 0.5) is 0 Å². The zero-order chi connectivity index (χ0) is 26.6. The number of aliphatic hydroxyl groups excluding tert-OH is 1. The first-order chi connectivity index (χ1) is 17.5. The molecule has 198 valence electrons. The van der Waals surface area contributed by atoms with Crippen LogP contribution in [0.15, 0.2) is 88.7 Å². The van der Waals surface area contributed by atoms with E-state index < -0.39 is 44.8 Å². The number of aryl methyl sites for hydroxylation is 2. The Morgan fingerprint density at radius 1 is 0.784 bits per heavy atom. The molecule has 0 amide bonds. The smallest absolute Gasteiger partial charge is 0.297 e. The standard InChI is InChI=1S/C26H28O9S2/c1-18-8-12-21(13-9-18)36(28,29)34-23-17-33-26(32-16-20-6-4-3-5-7-20)25(24(23)27)35-37(30,31)22-14-10-19(2)11-15-22/h3-15,23-27H,16-17H2,1-2H3/t23-,24-,25-,26+/m1/s1. The molecule has 1 aliphatic rings. The number of aliphatic hydroxyl groups is 1. The third-order valence-corrected chi connectivity index (χ3v) is 8.45.